The number of halogens is 1. The second-order valence-electron chi connectivity index (χ2n) is 5.32. The van der Waals surface area contributed by atoms with Crippen molar-refractivity contribution in [2.24, 2.45) is 10.9 Å². The Morgan fingerprint density at radius 3 is 2.54 bits per heavy atom. The lowest BCUT2D eigenvalue weighted by Gasteiger charge is -2.21. The number of amidine groups is 1. The molecule has 0 amide bonds. The number of hydrogen-bond donors (Lipinski definition) is 1. The van der Waals surface area contributed by atoms with Gasteiger partial charge in [-0.25, -0.2) is 4.79 Å². The molecule has 9 nitrogen and oxygen atoms in total. The van der Waals surface area contributed by atoms with Gasteiger partial charge in [0.2, 0.25) is 0 Å². The standard InChI is InChI=1S/C14H14ClN5O4/c1-14(2,19-8-10(15)7-17-19)13(21)24-18-12(16)9-3-5-11(6-4-9)20(22)23/h3-8H,1-2H3,(H2,16,18). The van der Waals surface area contributed by atoms with E-state index in [1.165, 1.54) is 41.3 Å². The molecule has 0 aliphatic rings. The quantitative estimate of drug-likeness (QED) is 0.289. The van der Waals surface area contributed by atoms with Crippen molar-refractivity contribution in [3.63, 3.8) is 0 Å². The van der Waals surface area contributed by atoms with Gasteiger partial charge >= 0.3 is 5.97 Å². The van der Waals surface area contributed by atoms with Crippen LogP contribution in [0.4, 0.5) is 5.69 Å². The summed E-state index contributed by atoms with van der Waals surface area (Å²) in [5.74, 6) is -0.792. The van der Waals surface area contributed by atoms with Gasteiger partial charge in [-0.05, 0) is 26.0 Å². The van der Waals surface area contributed by atoms with Crippen molar-refractivity contribution in [1.29, 1.82) is 0 Å². The summed E-state index contributed by atoms with van der Waals surface area (Å²) in [7, 11) is 0. The first-order valence-corrected chi connectivity index (χ1v) is 7.10. The number of benzene rings is 1. The molecule has 0 fully saturated rings. The largest absolute Gasteiger partial charge is 0.380 e. The molecule has 0 radical (unpaired) electrons. The number of rotatable bonds is 5. The van der Waals surface area contributed by atoms with Gasteiger partial charge in [0.15, 0.2) is 11.4 Å². The Morgan fingerprint density at radius 2 is 2.04 bits per heavy atom. The minimum Gasteiger partial charge on any atom is -0.380 e. The Labute approximate surface area is 141 Å². The van der Waals surface area contributed by atoms with Crippen molar-refractivity contribution >= 4 is 29.1 Å². The van der Waals surface area contributed by atoms with Crippen molar-refractivity contribution in [2.75, 3.05) is 0 Å². The van der Waals surface area contributed by atoms with Crippen LogP contribution in [-0.4, -0.2) is 26.5 Å². The lowest BCUT2D eigenvalue weighted by atomic mass is 10.1. The van der Waals surface area contributed by atoms with Gasteiger partial charge in [-0.3, -0.25) is 14.8 Å². The van der Waals surface area contributed by atoms with Crippen molar-refractivity contribution < 1.29 is 14.6 Å². The lowest BCUT2D eigenvalue weighted by Crippen LogP contribution is -2.37. The number of hydrogen-bond acceptors (Lipinski definition) is 6. The first kappa shape index (κ1) is 17.4. The third-order valence-electron chi connectivity index (χ3n) is 3.22. The highest BCUT2D eigenvalue weighted by atomic mass is 35.5. The number of carbonyl (C=O) groups excluding carboxylic acids is 1. The van der Waals surface area contributed by atoms with Gasteiger partial charge in [0.05, 0.1) is 16.1 Å². The summed E-state index contributed by atoms with van der Waals surface area (Å²) in [4.78, 5) is 27.1. The van der Waals surface area contributed by atoms with Crippen molar-refractivity contribution in [1.82, 2.24) is 9.78 Å². The fourth-order valence-electron chi connectivity index (χ4n) is 1.71. The topological polar surface area (TPSA) is 126 Å². The molecule has 1 aromatic heterocycles. The van der Waals surface area contributed by atoms with E-state index in [1.807, 2.05) is 0 Å². The van der Waals surface area contributed by atoms with Crippen LogP contribution in [0.2, 0.25) is 5.02 Å². The van der Waals surface area contributed by atoms with Crippen LogP contribution in [0.3, 0.4) is 0 Å². The fraction of sp³-hybridized carbons (Fsp3) is 0.214. The Hall–Kier alpha value is -2.94. The fourth-order valence-corrected chi connectivity index (χ4v) is 1.85. The summed E-state index contributed by atoms with van der Waals surface area (Å²) in [5.41, 5.74) is 4.87. The van der Waals surface area contributed by atoms with E-state index in [4.69, 9.17) is 22.2 Å². The smallest absolute Gasteiger partial charge is 0.361 e. The Kier molecular flexibility index (Phi) is 4.84. The van der Waals surface area contributed by atoms with E-state index < -0.39 is 16.4 Å². The van der Waals surface area contributed by atoms with E-state index in [9.17, 15) is 14.9 Å². The highest BCUT2D eigenvalue weighted by molar-refractivity contribution is 6.30. The molecule has 126 valence electrons. The van der Waals surface area contributed by atoms with Gasteiger partial charge in [0.1, 0.15) is 0 Å². The molecule has 0 atom stereocenters. The van der Waals surface area contributed by atoms with Crippen LogP contribution in [0.5, 0.6) is 0 Å². The summed E-state index contributed by atoms with van der Waals surface area (Å²) in [5, 5.41) is 18.5. The van der Waals surface area contributed by atoms with E-state index in [0.29, 0.717) is 10.6 Å². The molecule has 2 aromatic rings. The van der Waals surface area contributed by atoms with Crippen LogP contribution in [0.1, 0.15) is 19.4 Å². The average Bonchev–Trinajstić information content (AvgIpc) is 2.99. The van der Waals surface area contributed by atoms with Crippen LogP contribution in [-0.2, 0) is 15.2 Å². The first-order valence-electron chi connectivity index (χ1n) is 6.72. The number of non-ortho nitro benzene ring substituents is 1. The second-order valence-corrected chi connectivity index (χ2v) is 5.76. The van der Waals surface area contributed by atoms with Gasteiger partial charge < -0.3 is 10.6 Å². The summed E-state index contributed by atoms with van der Waals surface area (Å²) < 4.78 is 1.34. The third-order valence-corrected chi connectivity index (χ3v) is 3.42. The van der Waals surface area contributed by atoms with E-state index in [0.717, 1.165) is 0 Å². The molecule has 0 bridgehead atoms. The highest BCUT2D eigenvalue weighted by Gasteiger charge is 2.33. The molecule has 0 saturated heterocycles. The summed E-state index contributed by atoms with van der Waals surface area (Å²) >= 11 is 5.78. The number of carbonyl (C=O) groups is 1. The second kappa shape index (κ2) is 6.67. The molecule has 0 aliphatic carbocycles. The minimum absolute atomic E-state index is 0.0831. The Bertz CT molecular complexity index is 798. The maximum absolute atomic E-state index is 12.2. The molecule has 1 aromatic carbocycles. The molecule has 2 N–H and O–H groups in total. The Balaban J connectivity index is 2.11. The minimum atomic E-state index is -1.15. The van der Waals surface area contributed by atoms with Gasteiger partial charge in [0, 0.05) is 23.9 Å². The molecule has 2 rings (SSSR count). The number of aromatic nitrogens is 2. The first-order chi connectivity index (χ1) is 11.2. The average molecular weight is 352 g/mol. The third kappa shape index (κ3) is 3.69. The zero-order valence-electron chi connectivity index (χ0n) is 12.8. The van der Waals surface area contributed by atoms with Crippen LogP contribution in [0.15, 0.2) is 41.8 Å². The Morgan fingerprint density at radius 1 is 1.42 bits per heavy atom. The van der Waals surface area contributed by atoms with Crippen LogP contribution < -0.4 is 5.73 Å². The summed E-state index contributed by atoms with van der Waals surface area (Å²) in [6.45, 7) is 3.16. The van der Waals surface area contributed by atoms with E-state index in [2.05, 4.69) is 10.3 Å². The monoisotopic (exact) mass is 351 g/mol. The number of nitro groups is 1. The van der Waals surface area contributed by atoms with Crippen LogP contribution in [0.25, 0.3) is 0 Å². The number of oxime groups is 1. The molecule has 0 unspecified atom stereocenters. The zero-order valence-corrected chi connectivity index (χ0v) is 13.6. The maximum atomic E-state index is 12.2. The van der Waals surface area contributed by atoms with Crippen molar-refractivity contribution in [2.45, 2.75) is 19.4 Å². The molecule has 24 heavy (non-hydrogen) atoms. The van der Waals surface area contributed by atoms with Crippen LogP contribution in [0, 0.1) is 10.1 Å². The van der Waals surface area contributed by atoms with Gasteiger partial charge in [0.25, 0.3) is 5.69 Å². The molecule has 1 heterocycles. The van der Waals surface area contributed by atoms with E-state index in [-0.39, 0.29) is 11.5 Å². The number of nitro benzene ring substituents is 1. The zero-order chi connectivity index (χ0) is 17.9. The highest BCUT2D eigenvalue weighted by Crippen LogP contribution is 2.19. The molecule has 0 aliphatic heterocycles. The van der Waals surface area contributed by atoms with Gasteiger partial charge in [-0.15, -0.1) is 0 Å². The predicted octanol–water partition coefficient (Wildman–Crippen LogP) is 2.04. The predicted molar refractivity (Wildman–Crippen MR) is 86.5 cm³/mol. The number of nitrogens with two attached hydrogens (primary N) is 1. The van der Waals surface area contributed by atoms with Gasteiger partial charge in [-0.1, -0.05) is 16.8 Å². The van der Waals surface area contributed by atoms with Crippen molar-refractivity contribution in [3.05, 3.63) is 57.4 Å². The molecule has 0 saturated carbocycles. The van der Waals surface area contributed by atoms with Crippen LogP contribution >= 0.6 is 11.6 Å². The van der Waals surface area contributed by atoms with Gasteiger partial charge in [-0.2, -0.15) is 5.10 Å². The number of nitrogens with zero attached hydrogens (tertiary/aromatic N) is 4. The molecular formula is C14H14ClN5O4. The lowest BCUT2D eigenvalue weighted by molar-refractivity contribution is -0.384. The molecule has 0 spiro atoms. The SMILES string of the molecule is CC(C)(C(=O)O/N=C(\N)c1ccc([N+](=O)[O-])cc1)n1cc(Cl)cn1. The summed E-state index contributed by atoms with van der Waals surface area (Å²) in [6, 6.07) is 5.36. The summed E-state index contributed by atoms with van der Waals surface area (Å²) in [6.07, 6.45) is 2.87. The normalized spacial score (nSPS) is 12.0. The maximum Gasteiger partial charge on any atom is 0.361 e. The molecular weight excluding hydrogens is 338 g/mol. The molecule has 10 heteroatoms. The van der Waals surface area contributed by atoms with Crippen molar-refractivity contribution in [3.8, 4) is 0 Å². The van der Waals surface area contributed by atoms with E-state index in [1.54, 1.807) is 13.8 Å². The van der Waals surface area contributed by atoms with E-state index >= 15 is 0 Å².